The maximum absolute atomic E-state index is 12.3. The van der Waals surface area contributed by atoms with E-state index in [1.165, 1.54) is 15.9 Å². The lowest BCUT2D eigenvalue weighted by atomic mass is 10.2. The van der Waals surface area contributed by atoms with E-state index in [0.29, 0.717) is 11.2 Å². The summed E-state index contributed by atoms with van der Waals surface area (Å²) in [7, 11) is 1.72. The average molecular weight is 251 g/mol. The minimum Gasteiger partial charge on any atom is -0.315 e. The molecule has 0 bridgehead atoms. The standard InChI is InChI=1S/C11H13N3O2S/c1-13-8-3-5-17-9(8)10(15)14(11(13)16)7-2-4-12-6-7/h3,5,7,12H,2,4,6H2,1H3. The molecule has 0 spiro atoms. The molecule has 90 valence electrons. The molecule has 3 heterocycles. The van der Waals surface area contributed by atoms with Crippen LogP contribution in [0.4, 0.5) is 0 Å². The minimum atomic E-state index is -0.213. The second-order valence-corrected chi connectivity index (χ2v) is 5.21. The first-order valence-electron chi connectivity index (χ1n) is 5.59. The van der Waals surface area contributed by atoms with Crippen LogP contribution in [-0.4, -0.2) is 22.2 Å². The summed E-state index contributed by atoms with van der Waals surface area (Å²) in [5.74, 6) is 0. The summed E-state index contributed by atoms with van der Waals surface area (Å²) < 4.78 is 3.63. The number of hydrogen-bond donors (Lipinski definition) is 1. The van der Waals surface area contributed by atoms with E-state index in [2.05, 4.69) is 5.32 Å². The van der Waals surface area contributed by atoms with Gasteiger partial charge >= 0.3 is 5.69 Å². The highest BCUT2D eigenvalue weighted by atomic mass is 32.1. The number of aromatic nitrogens is 2. The number of hydrogen-bond acceptors (Lipinski definition) is 4. The van der Waals surface area contributed by atoms with Crippen molar-refractivity contribution in [1.29, 1.82) is 0 Å². The van der Waals surface area contributed by atoms with Gasteiger partial charge < -0.3 is 5.32 Å². The molecule has 1 N–H and O–H groups in total. The lowest BCUT2D eigenvalue weighted by molar-refractivity contribution is 0.494. The predicted molar refractivity (Wildman–Crippen MR) is 67.8 cm³/mol. The van der Waals surface area contributed by atoms with Crippen molar-refractivity contribution in [2.24, 2.45) is 7.05 Å². The van der Waals surface area contributed by atoms with Crippen LogP contribution in [0.25, 0.3) is 10.2 Å². The Hall–Kier alpha value is -1.40. The van der Waals surface area contributed by atoms with E-state index in [1.54, 1.807) is 11.6 Å². The minimum absolute atomic E-state index is 0.00676. The normalized spacial score (nSPS) is 20.2. The second-order valence-electron chi connectivity index (χ2n) is 4.30. The van der Waals surface area contributed by atoms with Gasteiger partial charge in [0.25, 0.3) is 5.56 Å². The molecule has 1 fully saturated rings. The van der Waals surface area contributed by atoms with Gasteiger partial charge in [-0.1, -0.05) is 0 Å². The Bertz CT molecular complexity index is 676. The molecule has 17 heavy (non-hydrogen) atoms. The molecule has 1 saturated heterocycles. The molecule has 0 radical (unpaired) electrons. The van der Waals surface area contributed by atoms with Crippen molar-refractivity contribution in [2.45, 2.75) is 12.5 Å². The van der Waals surface area contributed by atoms with E-state index in [-0.39, 0.29) is 17.3 Å². The summed E-state index contributed by atoms with van der Waals surface area (Å²) in [6.45, 7) is 1.56. The number of fused-ring (bicyclic) bond motifs is 1. The summed E-state index contributed by atoms with van der Waals surface area (Å²) in [6, 6.07) is 1.81. The lowest BCUT2D eigenvalue weighted by Crippen LogP contribution is -2.41. The fraction of sp³-hybridized carbons (Fsp3) is 0.455. The van der Waals surface area contributed by atoms with E-state index >= 15 is 0 Å². The lowest BCUT2D eigenvalue weighted by Gasteiger charge is -2.13. The van der Waals surface area contributed by atoms with Gasteiger partial charge in [0.05, 0.1) is 11.6 Å². The molecular formula is C11H13N3O2S. The summed E-state index contributed by atoms with van der Waals surface area (Å²) in [5, 5.41) is 5.03. The smallest absolute Gasteiger partial charge is 0.315 e. The zero-order valence-corrected chi connectivity index (χ0v) is 10.3. The first kappa shape index (κ1) is 10.7. The Balaban J connectivity index is 2.37. The first-order valence-corrected chi connectivity index (χ1v) is 6.47. The second kappa shape index (κ2) is 3.82. The van der Waals surface area contributed by atoms with Crippen LogP contribution in [0.2, 0.25) is 0 Å². The van der Waals surface area contributed by atoms with Gasteiger partial charge in [0.2, 0.25) is 0 Å². The molecule has 2 aromatic rings. The highest BCUT2D eigenvalue weighted by Crippen LogP contribution is 2.17. The van der Waals surface area contributed by atoms with E-state index < -0.39 is 0 Å². The quantitative estimate of drug-likeness (QED) is 0.793. The number of rotatable bonds is 1. The Labute approximate surface area is 101 Å². The van der Waals surface area contributed by atoms with E-state index in [9.17, 15) is 9.59 Å². The molecule has 1 unspecified atom stereocenters. The molecule has 1 aliphatic heterocycles. The molecule has 0 aliphatic carbocycles. The molecule has 3 rings (SSSR count). The molecule has 0 amide bonds. The van der Waals surface area contributed by atoms with Crippen LogP contribution in [0.1, 0.15) is 12.5 Å². The monoisotopic (exact) mass is 251 g/mol. The van der Waals surface area contributed by atoms with Gasteiger partial charge in [0.15, 0.2) is 0 Å². The summed E-state index contributed by atoms with van der Waals surface area (Å²) in [4.78, 5) is 24.5. The maximum atomic E-state index is 12.3. The van der Waals surface area contributed by atoms with Crippen LogP contribution < -0.4 is 16.6 Å². The molecule has 5 nitrogen and oxygen atoms in total. The van der Waals surface area contributed by atoms with E-state index in [4.69, 9.17) is 0 Å². The van der Waals surface area contributed by atoms with Gasteiger partial charge in [0.1, 0.15) is 4.70 Å². The van der Waals surface area contributed by atoms with Crippen molar-refractivity contribution in [1.82, 2.24) is 14.5 Å². The number of aryl methyl sites for hydroxylation is 1. The van der Waals surface area contributed by atoms with Crippen molar-refractivity contribution >= 4 is 21.6 Å². The fourth-order valence-corrected chi connectivity index (χ4v) is 3.23. The number of thiophene rings is 1. The predicted octanol–water partition coefficient (Wildman–Crippen LogP) is 0.296. The summed E-state index contributed by atoms with van der Waals surface area (Å²) in [5.41, 5.74) is 0.369. The largest absolute Gasteiger partial charge is 0.331 e. The van der Waals surface area contributed by atoms with Gasteiger partial charge in [0, 0.05) is 13.6 Å². The van der Waals surface area contributed by atoms with Gasteiger partial charge in [-0.05, 0) is 24.4 Å². The van der Waals surface area contributed by atoms with Crippen molar-refractivity contribution in [3.05, 3.63) is 32.3 Å². The molecule has 1 atom stereocenters. The molecule has 0 saturated carbocycles. The molecule has 1 aliphatic rings. The third-order valence-corrected chi connectivity index (χ3v) is 4.20. The highest BCUT2D eigenvalue weighted by Gasteiger charge is 2.22. The van der Waals surface area contributed by atoms with Crippen LogP contribution in [0, 0.1) is 0 Å². The van der Waals surface area contributed by atoms with Crippen LogP contribution in [0.3, 0.4) is 0 Å². The van der Waals surface area contributed by atoms with Crippen molar-refractivity contribution in [2.75, 3.05) is 13.1 Å². The van der Waals surface area contributed by atoms with E-state index in [1.807, 2.05) is 11.4 Å². The first-order chi connectivity index (χ1) is 8.20. The number of nitrogens with one attached hydrogen (secondary N) is 1. The Morgan fingerprint density at radius 2 is 2.29 bits per heavy atom. The molecular weight excluding hydrogens is 238 g/mol. The van der Waals surface area contributed by atoms with Gasteiger partial charge in [-0.25, -0.2) is 4.79 Å². The van der Waals surface area contributed by atoms with Gasteiger partial charge in [-0.3, -0.25) is 13.9 Å². The van der Waals surface area contributed by atoms with Crippen molar-refractivity contribution < 1.29 is 0 Å². The SMILES string of the molecule is Cn1c(=O)n(C2CCNC2)c(=O)c2sccc21. The van der Waals surface area contributed by atoms with Crippen molar-refractivity contribution in [3.63, 3.8) is 0 Å². The van der Waals surface area contributed by atoms with Gasteiger partial charge in [-0.2, -0.15) is 0 Å². The third-order valence-electron chi connectivity index (χ3n) is 3.31. The maximum Gasteiger partial charge on any atom is 0.331 e. The Kier molecular flexibility index (Phi) is 2.41. The van der Waals surface area contributed by atoms with E-state index in [0.717, 1.165) is 18.5 Å². The Morgan fingerprint density at radius 3 is 3.00 bits per heavy atom. The van der Waals surface area contributed by atoms with Crippen LogP contribution in [-0.2, 0) is 7.05 Å². The zero-order valence-electron chi connectivity index (χ0n) is 9.47. The van der Waals surface area contributed by atoms with Crippen LogP contribution >= 0.6 is 11.3 Å². The molecule has 6 heteroatoms. The topological polar surface area (TPSA) is 56.0 Å². The zero-order chi connectivity index (χ0) is 12.0. The van der Waals surface area contributed by atoms with Crippen LogP contribution in [0.15, 0.2) is 21.0 Å². The highest BCUT2D eigenvalue weighted by molar-refractivity contribution is 7.17. The summed E-state index contributed by atoms with van der Waals surface area (Å²) >= 11 is 1.40. The molecule has 2 aromatic heterocycles. The molecule has 0 aromatic carbocycles. The average Bonchev–Trinajstić information content (AvgIpc) is 2.97. The van der Waals surface area contributed by atoms with Gasteiger partial charge in [-0.15, -0.1) is 11.3 Å². The third kappa shape index (κ3) is 1.48. The Morgan fingerprint density at radius 1 is 1.47 bits per heavy atom. The number of nitrogens with zero attached hydrogens (tertiary/aromatic N) is 2. The van der Waals surface area contributed by atoms with Crippen LogP contribution in [0.5, 0.6) is 0 Å². The van der Waals surface area contributed by atoms with Crippen molar-refractivity contribution in [3.8, 4) is 0 Å². The summed E-state index contributed by atoms with van der Waals surface area (Å²) in [6.07, 6.45) is 0.839. The fourth-order valence-electron chi connectivity index (χ4n) is 2.37.